The number of aryl methyl sites for hydroxylation is 1. The van der Waals surface area contributed by atoms with E-state index in [-0.39, 0.29) is 18.3 Å². The fourth-order valence-corrected chi connectivity index (χ4v) is 13.3. The quantitative estimate of drug-likeness (QED) is 0.476. The lowest BCUT2D eigenvalue weighted by molar-refractivity contribution is -0.862. The molecule has 0 bridgehead atoms. The summed E-state index contributed by atoms with van der Waals surface area (Å²) in [7, 11) is -0.245. The molecule has 32 heavy (non-hydrogen) atoms. The summed E-state index contributed by atoms with van der Waals surface area (Å²) in [6.45, 7) is 31.2. The van der Waals surface area contributed by atoms with Gasteiger partial charge in [0, 0.05) is 0 Å². The summed E-state index contributed by atoms with van der Waals surface area (Å²) >= 11 is 0. The largest absolute Gasteiger partial charge is 0.494 e. The molecule has 1 saturated heterocycles. The monoisotopic (exact) mass is 434 g/mol. The van der Waals surface area contributed by atoms with E-state index in [2.05, 4.69) is 114 Å². The lowest BCUT2D eigenvalue weighted by Crippen LogP contribution is -3.29. The highest BCUT2D eigenvalue weighted by Crippen LogP contribution is 3.32. The summed E-state index contributed by atoms with van der Waals surface area (Å²) in [4.78, 5) is 0. The van der Waals surface area contributed by atoms with Crippen LogP contribution in [-0.2, 0) is 9.31 Å². The molecule has 1 aromatic carbocycles. The van der Waals surface area contributed by atoms with Crippen LogP contribution in [0.2, 0.25) is 0 Å². The lowest BCUT2D eigenvalue weighted by Gasteiger charge is -3.32. The summed E-state index contributed by atoms with van der Waals surface area (Å²) in [5, 5.41) is 0. The van der Waals surface area contributed by atoms with Gasteiger partial charge in [-0.1, -0.05) is 85.2 Å². The Bertz CT molecular complexity index is 857. The van der Waals surface area contributed by atoms with Crippen LogP contribution in [0, 0.1) is 50.2 Å². The average molecular weight is 434 g/mol. The Balaban J connectivity index is 0.000000122. The van der Waals surface area contributed by atoms with Crippen molar-refractivity contribution >= 4 is 12.6 Å². The molecule has 0 amide bonds. The third-order valence-electron chi connectivity index (χ3n) is 15.6. The van der Waals surface area contributed by atoms with E-state index in [1.54, 1.807) is 0 Å². The summed E-state index contributed by atoms with van der Waals surface area (Å²) in [6.07, 6.45) is 0. The minimum absolute atomic E-state index is 0.245. The lowest BCUT2D eigenvalue weighted by atomic mass is 8.71. The van der Waals surface area contributed by atoms with E-state index in [0.717, 1.165) is 5.46 Å². The molecular formula is C29H43BO2. The molecule has 6 aliphatic carbocycles. The molecular weight excluding hydrogens is 391 g/mol. The molecule has 6 saturated carbocycles. The fourth-order valence-electron chi connectivity index (χ4n) is 13.3. The van der Waals surface area contributed by atoms with Crippen molar-refractivity contribution in [3.63, 3.8) is 0 Å². The Labute approximate surface area is 196 Å². The van der Waals surface area contributed by atoms with Crippen LogP contribution in [0.4, 0.5) is 0 Å². The van der Waals surface area contributed by atoms with Gasteiger partial charge in [0.1, 0.15) is 0 Å². The maximum Gasteiger partial charge on any atom is 0.494 e. The van der Waals surface area contributed by atoms with Gasteiger partial charge in [-0.25, -0.2) is 0 Å². The van der Waals surface area contributed by atoms with Crippen molar-refractivity contribution in [2.45, 2.75) is 101 Å². The smallest absolute Gasteiger partial charge is 0.399 e. The molecule has 174 valence electrons. The van der Waals surface area contributed by atoms with E-state index < -0.39 is 0 Å². The van der Waals surface area contributed by atoms with E-state index in [9.17, 15) is 0 Å². The first kappa shape index (κ1) is 21.7. The highest BCUT2D eigenvalue weighted by Gasteiger charge is 3.29. The average Bonchev–Trinajstić information content (AvgIpc) is 2.94. The summed E-state index contributed by atoms with van der Waals surface area (Å²) in [5.74, 6) is 0. The van der Waals surface area contributed by atoms with Gasteiger partial charge in [-0.15, -0.1) is 0 Å². The Hall–Kier alpha value is -0.795. The molecule has 0 atom stereocenters. The van der Waals surface area contributed by atoms with E-state index in [4.69, 9.17) is 9.31 Å². The highest BCUT2D eigenvalue weighted by atomic mass is 16.7. The van der Waals surface area contributed by atoms with Crippen LogP contribution in [0.3, 0.4) is 0 Å². The molecule has 0 N–H and O–H groups in total. The topological polar surface area (TPSA) is 18.5 Å². The predicted octanol–water partition coefficient (Wildman–Crippen LogP) is 6.40. The highest BCUT2D eigenvalue weighted by molar-refractivity contribution is 6.62. The van der Waals surface area contributed by atoms with Crippen LogP contribution >= 0.6 is 0 Å². The van der Waals surface area contributed by atoms with Gasteiger partial charge in [0.05, 0.1) is 11.2 Å². The van der Waals surface area contributed by atoms with E-state index in [0.29, 0.717) is 43.3 Å². The Morgan fingerprint density at radius 3 is 0.969 bits per heavy atom. The zero-order valence-corrected chi connectivity index (χ0v) is 22.7. The van der Waals surface area contributed by atoms with Gasteiger partial charge < -0.3 is 9.31 Å². The molecule has 1 heterocycles. The van der Waals surface area contributed by atoms with E-state index in [1.807, 2.05) is 0 Å². The number of rotatable bonds is 1. The van der Waals surface area contributed by atoms with Crippen LogP contribution in [0.1, 0.15) is 88.6 Å². The fraction of sp³-hybridized carbons (Fsp3) is 0.793. The Morgan fingerprint density at radius 1 is 0.469 bits per heavy atom. The first-order valence-electron chi connectivity index (χ1n) is 12.7. The molecule has 7 aliphatic rings. The Morgan fingerprint density at radius 2 is 0.719 bits per heavy atom. The van der Waals surface area contributed by atoms with E-state index in [1.165, 1.54) is 5.56 Å². The molecule has 0 spiro atoms. The second-order valence-electron chi connectivity index (χ2n) is 14.5. The zero-order chi connectivity index (χ0) is 24.0. The van der Waals surface area contributed by atoms with Gasteiger partial charge >= 0.3 is 7.12 Å². The van der Waals surface area contributed by atoms with Gasteiger partial charge in [0.2, 0.25) is 0 Å². The van der Waals surface area contributed by atoms with Gasteiger partial charge in [-0.05, 0) is 83.4 Å². The van der Waals surface area contributed by atoms with Crippen molar-refractivity contribution in [1.82, 2.24) is 0 Å². The second-order valence-corrected chi connectivity index (χ2v) is 14.5. The molecule has 1 aromatic rings. The predicted molar refractivity (Wildman–Crippen MR) is 132 cm³/mol. The van der Waals surface area contributed by atoms with Crippen LogP contribution in [0.5, 0.6) is 0 Å². The minimum atomic E-state index is -0.261. The number of hydrogen-bond acceptors (Lipinski definition) is 2. The molecule has 3 heteroatoms. The maximum atomic E-state index is 5.97. The molecule has 0 unspecified atom stereocenters. The van der Waals surface area contributed by atoms with E-state index >= 15 is 0 Å². The first-order chi connectivity index (χ1) is 14.3. The van der Waals surface area contributed by atoms with Crippen molar-refractivity contribution < 1.29 is 9.31 Å². The van der Waals surface area contributed by atoms with Gasteiger partial charge in [0.25, 0.3) is 0 Å². The molecule has 1 aliphatic heterocycles. The normalized spacial score (nSPS) is 60.0. The first-order valence-corrected chi connectivity index (χ1v) is 12.7. The second kappa shape index (κ2) is 4.68. The number of benzene rings is 1. The van der Waals surface area contributed by atoms with Gasteiger partial charge in [0.15, 0.2) is 0 Å². The van der Waals surface area contributed by atoms with Crippen molar-refractivity contribution in [1.29, 1.82) is 0 Å². The third-order valence-corrected chi connectivity index (χ3v) is 15.6. The van der Waals surface area contributed by atoms with Crippen LogP contribution in [0.25, 0.3) is 0 Å². The molecule has 7 fully saturated rings. The summed E-state index contributed by atoms with van der Waals surface area (Å²) < 4.78 is 11.9. The SMILES string of the molecule is CC12C3(C)C4(C)C1(C)C1(C)C2(C)C3(C)C41C.Cc1ccc(B2OC(C)(C)C(C)(C)O2)cc1. The van der Waals surface area contributed by atoms with Crippen LogP contribution in [-0.4, -0.2) is 18.3 Å². The van der Waals surface area contributed by atoms with Crippen LogP contribution < -0.4 is 5.46 Å². The zero-order valence-electron chi connectivity index (χ0n) is 22.7. The molecule has 0 radical (unpaired) electrons. The third kappa shape index (κ3) is 1.18. The molecule has 8 rings (SSSR count). The summed E-state index contributed by atoms with van der Waals surface area (Å²) in [6, 6.07) is 8.30. The molecule has 2 nitrogen and oxygen atoms in total. The number of hydrogen-bond donors (Lipinski definition) is 0. The van der Waals surface area contributed by atoms with Gasteiger partial charge in [-0.2, -0.15) is 0 Å². The van der Waals surface area contributed by atoms with Crippen molar-refractivity contribution in [2.75, 3.05) is 0 Å². The molecule has 0 aromatic heterocycles. The Kier molecular flexibility index (Phi) is 3.18. The van der Waals surface area contributed by atoms with Crippen molar-refractivity contribution in [2.24, 2.45) is 43.3 Å². The van der Waals surface area contributed by atoms with Crippen molar-refractivity contribution in [3.8, 4) is 0 Å². The van der Waals surface area contributed by atoms with Crippen molar-refractivity contribution in [3.05, 3.63) is 29.8 Å². The summed E-state index contributed by atoms with van der Waals surface area (Å²) in [5.41, 5.74) is 6.95. The standard InChI is InChI=1S/C16H24.C13H19BO2/c1-9-10(2)13(5)11(9,3)15(7)12(9,4)14(10,6)16(13,15)8;1-10-6-8-11(9-7-10)14-15-12(2,3)13(4,5)16-14/h1-8H3;6-9H,1-5H3. The minimum Gasteiger partial charge on any atom is -0.399 e. The van der Waals surface area contributed by atoms with Crippen LogP contribution in [0.15, 0.2) is 24.3 Å². The van der Waals surface area contributed by atoms with Gasteiger partial charge in [-0.3, -0.25) is 0 Å². The maximum absolute atomic E-state index is 5.97.